The summed E-state index contributed by atoms with van der Waals surface area (Å²) in [5.74, 6) is 5.95. The van der Waals surface area contributed by atoms with Gasteiger partial charge in [0.1, 0.15) is 0 Å². The Balaban J connectivity index is 1.61. The van der Waals surface area contributed by atoms with Gasteiger partial charge in [0.15, 0.2) is 0 Å². The molecule has 4 aliphatic carbocycles. The van der Waals surface area contributed by atoms with Gasteiger partial charge in [0.2, 0.25) is 0 Å². The summed E-state index contributed by atoms with van der Waals surface area (Å²) in [6.07, 6.45) is 12.6. The van der Waals surface area contributed by atoms with Crippen molar-refractivity contribution < 1.29 is 5.11 Å². The van der Waals surface area contributed by atoms with Gasteiger partial charge in [-0.15, -0.1) is 0 Å². The molecule has 1 heteroatoms. The summed E-state index contributed by atoms with van der Waals surface area (Å²) >= 11 is 0. The molecular weight excluding hydrogens is 244 g/mol. The van der Waals surface area contributed by atoms with Crippen LogP contribution in [0.2, 0.25) is 0 Å². The summed E-state index contributed by atoms with van der Waals surface area (Å²) in [5.41, 5.74) is 0.372. The van der Waals surface area contributed by atoms with Crippen molar-refractivity contribution in [2.24, 2.45) is 40.9 Å². The molecule has 0 amide bonds. The number of aliphatic hydroxyl groups is 1. The Morgan fingerprint density at radius 2 is 1.55 bits per heavy atom. The highest BCUT2D eigenvalue weighted by Gasteiger charge is 2.54. The molecule has 114 valence electrons. The van der Waals surface area contributed by atoms with Crippen molar-refractivity contribution in [2.45, 2.75) is 77.7 Å². The van der Waals surface area contributed by atoms with Gasteiger partial charge in [-0.3, -0.25) is 0 Å². The molecule has 4 rings (SSSR count). The summed E-state index contributed by atoms with van der Waals surface area (Å²) < 4.78 is 0. The summed E-state index contributed by atoms with van der Waals surface area (Å²) in [4.78, 5) is 0. The molecule has 4 fully saturated rings. The molecule has 0 aromatic rings. The monoisotopic (exact) mass is 276 g/mol. The molecule has 1 N–H and O–H groups in total. The highest BCUT2D eigenvalue weighted by molar-refractivity contribution is 5.03. The first-order chi connectivity index (χ1) is 9.56. The molecule has 0 bridgehead atoms. The number of aliphatic hydroxyl groups excluding tert-OH is 1. The van der Waals surface area contributed by atoms with Crippen molar-refractivity contribution in [3.8, 4) is 0 Å². The van der Waals surface area contributed by atoms with Gasteiger partial charge in [-0.05, 0) is 85.9 Å². The van der Waals surface area contributed by atoms with Crippen LogP contribution in [0.4, 0.5) is 0 Å². The fourth-order valence-corrected chi connectivity index (χ4v) is 7.39. The van der Waals surface area contributed by atoms with E-state index in [1.165, 1.54) is 44.9 Å². The highest BCUT2D eigenvalue weighted by Crippen LogP contribution is 2.61. The van der Waals surface area contributed by atoms with Crippen LogP contribution in [0.15, 0.2) is 0 Å². The van der Waals surface area contributed by atoms with E-state index in [1.54, 1.807) is 0 Å². The van der Waals surface area contributed by atoms with E-state index in [0.29, 0.717) is 5.41 Å². The minimum atomic E-state index is -0.0226. The Morgan fingerprint density at radius 3 is 2.40 bits per heavy atom. The molecule has 0 aliphatic heterocycles. The van der Waals surface area contributed by atoms with Gasteiger partial charge in [-0.1, -0.05) is 26.7 Å². The maximum atomic E-state index is 10.2. The van der Waals surface area contributed by atoms with Crippen LogP contribution in [0.25, 0.3) is 0 Å². The smallest absolute Gasteiger partial charge is 0.0548 e. The first-order valence-corrected chi connectivity index (χ1v) is 9.24. The molecule has 7 atom stereocenters. The van der Waals surface area contributed by atoms with Gasteiger partial charge < -0.3 is 5.11 Å². The Labute approximate surface area is 124 Å². The van der Waals surface area contributed by atoms with Crippen molar-refractivity contribution in [3.63, 3.8) is 0 Å². The van der Waals surface area contributed by atoms with Gasteiger partial charge in [-0.2, -0.15) is 0 Å². The minimum Gasteiger partial charge on any atom is -0.393 e. The molecule has 0 heterocycles. The molecule has 4 aliphatic rings. The minimum absolute atomic E-state index is 0.0226. The van der Waals surface area contributed by atoms with E-state index in [4.69, 9.17) is 0 Å². The second-order valence-corrected chi connectivity index (χ2v) is 9.21. The van der Waals surface area contributed by atoms with Gasteiger partial charge >= 0.3 is 0 Å². The second-order valence-electron chi connectivity index (χ2n) is 9.21. The first-order valence-electron chi connectivity index (χ1n) is 9.24. The maximum Gasteiger partial charge on any atom is 0.0548 e. The lowest BCUT2D eigenvalue weighted by atomic mass is 9.48. The third kappa shape index (κ3) is 1.99. The van der Waals surface area contributed by atoms with Crippen molar-refractivity contribution in [1.82, 2.24) is 0 Å². The normalized spacial score (nSPS) is 53.9. The fraction of sp³-hybridized carbons (Fsp3) is 1.00. The Morgan fingerprint density at radius 1 is 0.800 bits per heavy atom. The Hall–Kier alpha value is -0.0400. The molecule has 1 nitrogen and oxygen atoms in total. The zero-order chi connectivity index (χ0) is 13.9. The molecule has 0 aromatic heterocycles. The van der Waals surface area contributed by atoms with Crippen LogP contribution in [0.1, 0.15) is 71.6 Å². The second kappa shape index (κ2) is 4.73. The van der Waals surface area contributed by atoms with Crippen LogP contribution in [-0.2, 0) is 0 Å². The van der Waals surface area contributed by atoms with E-state index < -0.39 is 0 Å². The average Bonchev–Trinajstić information content (AvgIpc) is 2.84. The van der Waals surface area contributed by atoms with Crippen molar-refractivity contribution in [3.05, 3.63) is 0 Å². The van der Waals surface area contributed by atoms with Crippen LogP contribution in [0.3, 0.4) is 0 Å². The van der Waals surface area contributed by atoms with Crippen molar-refractivity contribution in [2.75, 3.05) is 0 Å². The lowest BCUT2D eigenvalue weighted by molar-refractivity contribution is -0.108. The van der Waals surface area contributed by atoms with E-state index in [9.17, 15) is 5.11 Å². The number of fused-ring (bicyclic) bond motifs is 5. The topological polar surface area (TPSA) is 20.2 Å². The molecule has 0 radical (unpaired) electrons. The van der Waals surface area contributed by atoms with Gasteiger partial charge in [0, 0.05) is 0 Å². The van der Waals surface area contributed by atoms with Gasteiger partial charge in [-0.25, -0.2) is 0 Å². The molecule has 7 unspecified atom stereocenters. The van der Waals surface area contributed by atoms with Crippen LogP contribution >= 0.6 is 0 Å². The number of rotatable bonds is 0. The van der Waals surface area contributed by atoms with E-state index in [1.807, 2.05) is 0 Å². The molecule has 0 aromatic carbocycles. The predicted molar refractivity (Wildman–Crippen MR) is 82.3 cm³/mol. The maximum absolute atomic E-state index is 10.2. The van der Waals surface area contributed by atoms with E-state index in [2.05, 4.69) is 13.8 Å². The standard InChI is InChI=1S/C19H32O/c1-19(2)11-14(20)10-13-7-8-16-15-5-3-4-12(15)6-9-17(16)18(13)19/h12-18,20H,3-11H2,1-2H3. The number of hydrogen-bond acceptors (Lipinski definition) is 1. The molecule has 0 saturated heterocycles. The number of hydrogen-bond donors (Lipinski definition) is 1. The third-order valence-electron chi connectivity index (χ3n) is 7.77. The summed E-state index contributed by atoms with van der Waals surface area (Å²) in [5, 5.41) is 10.2. The summed E-state index contributed by atoms with van der Waals surface area (Å²) in [6.45, 7) is 4.91. The van der Waals surface area contributed by atoms with Crippen LogP contribution < -0.4 is 0 Å². The fourth-order valence-electron chi connectivity index (χ4n) is 7.39. The van der Waals surface area contributed by atoms with Crippen molar-refractivity contribution >= 4 is 0 Å². The molecular formula is C19H32O. The van der Waals surface area contributed by atoms with E-state index in [-0.39, 0.29) is 6.10 Å². The zero-order valence-electron chi connectivity index (χ0n) is 13.4. The van der Waals surface area contributed by atoms with Gasteiger partial charge in [0.05, 0.1) is 6.10 Å². The Bertz CT molecular complexity index is 374. The quantitative estimate of drug-likeness (QED) is 0.683. The van der Waals surface area contributed by atoms with Gasteiger partial charge in [0.25, 0.3) is 0 Å². The Kier molecular flexibility index (Phi) is 3.22. The molecule has 0 spiro atoms. The van der Waals surface area contributed by atoms with E-state index in [0.717, 1.165) is 48.3 Å². The zero-order valence-corrected chi connectivity index (χ0v) is 13.4. The lowest BCUT2D eigenvalue weighted by Gasteiger charge is -2.58. The molecule has 20 heavy (non-hydrogen) atoms. The summed E-state index contributed by atoms with van der Waals surface area (Å²) in [7, 11) is 0. The van der Waals surface area contributed by atoms with Crippen LogP contribution in [0.5, 0.6) is 0 Å². The van der Waals surface area contributed by atoms with Crippen molar-refractivity contribution in [1.29, 1.82) is 0 Å². The predicted octanol–water partition coefficient (Wildman–Crippen LogP) is 4.64. The van der Waals surface area contributed by atoms with Crippen LogP contribution in [0, 0.1) is 40.9 Å². The third-order valence-corrected chi connectivity index (χ3v) is 7.77. The lowest BCUT2D eigenvalue weighted by Crippen LogP contribution is -2.51. The van der Waals surface area contributed by atoms with E-state index >= 15 is 0 Å². The molecule has 4 saturated carbocycles. The highest BCUT2D eigenvalue weighted by atomic mass is 16.3. The SMILES string of the molecule is CC1(C)CC(O)CC2CCC3C4CCCC4CCC3C21. The average molecular weight is 276 g/mol. The summed E-state index contributed by atoms with van der Waals surface area (Å²) in [6, 6.07) is 0. The largest absolute Gasteiger partial charge is 0.393 e. The van der Waals surface area contributed by atoms with Crippen LogP contribution in [-0.4, -0.2) is 11.2 Å². The first kappa shape index (κ1) is 13.6.